The van der Waals surface area contributed by atoms with E-state index in [-0.39, 0.29) is 18.4 Å². The molecule has 0 spiro atoms. The van der Waals surface area contributed by atoms with Gasteiger partial charge < -0.3 is 5.32 Å². The summed E-state index contributed by atoms with van der Waals surface area (Å²) in [4.78, 5) is 12.1. The minimum absolute atomic E-state index is 0.102. The number of benzene rings is 2. The first-order chi connectivity index (χ1) is 10.5. The van der Waals surface area contributed by atoms with Crippen LogP contribution in [0.2, 0.25) is 10.0 Å². The van der Waals surface area contributed by atoms with E-state index in [1.807, 2.05) is 19.1 Å². The predicted molar refractivity (Wildman–Crippen MR) is 87.9 cm³/mol. The molecule has 3 nitrogen and oxygen atoms in total. The first-order valence-electron chi connectivity index (χ1n) is 6.73. The maximum Gasteiger partial charge on any atom is 0.224 e. The number of halogens is 2. The largest absolute Gasteiger partial charge is 0.349 e. The van der Waals surface area contributed by atoms with E-state index in [0.717, 1.165) is 11.1 Å². The Morgan fingerprint density at radius 1 is 1.18 bits per heavy atom. The van der Waals surface area contributed by atoms with Crippen LogP contribution in [-0.2, 0) is 11.2 Å². The second-order valence-electron chi connectivity index (χ2n) is 4.95. The fourth-order valence-electron chi connectivity index (χ4n) is 2.06. The monoisotopic (exact) mass is 332 g/mol. The van der Waals surface area contributed by atoms with Crippen LogP contribution >= 0.6 is 23.2 Å². The third-order valence-electron chi connectivity index (χ3n) is 3.27. The van der Waals surface area contributed by atoms with Gasteiger partial charge in [-0.25, -0.2) is 0 Å². The van der Waals surface area contributed by atoms with Gasteiger partial charge >= 0.3 is 0 Å². The van der Waals surface area contributed by atoms with Crippen LogP contribution in [0.1, 0.15) is 29.7 Å². The molecule has 0 bridgehead atoms. The van der Waals surface area contributed by atoms with Crippen LogP contribution in [0.3, 0.4) is 0 Å². The average molecular weight is 333 g/mol. The molecule has 1 N–H and O–H groups in total. The Morgan fingerprint density at radius 2 is 1.86 bits per heavy atom. The molecule has 0 aliphatic rings. The summed E-state index contributed by atoms with van der Waals surface area (Å²) in [6.45, 7) is 1.90. The van der Waals surface area contributed by atoms with Crippen molar-refractivity contribution in [2.24, 2.45) is 0 Å². The number of carbonyl (C=O) groups excluding carboxylic acids is 1. The second kappa shape index (κ2) is 7.31. The molecule has 1 amide bonds. The van der Waals surface area contributed by atoms with Crippen LogP contribution in [0, 0.1) is 11.3 Å². The summed E-state index contributed by atoms with van der Waals surface area (Å²) in [7, 11) is 0. The number of hydrogen-bond acceptors (Lipinski definition) is 2. The molecule has 0 saturated heterocycles. The van der Waals surface area contributed by atoms with Gasteiger partial charge in [-0.15, -0.1) is 0 Å². The van der Waals surface area contributed by atoms with Crippen LogP contribution < -0.4 is 5.32 Å². The fraction of sp³-hybridized carbons (Fsp3) is 0.176. The van der Waals surface area contributed by atoms with E-state index >= 15 is 0 Å². The van der Waals surface area contributed by atoms with E-state index < -0.39 is 0 Å². The van der Waals surface area contributed by atoms with Gasteiger partial charge in [-0.1, -0.05) is 41.4 Å². The first-order valence-corrected chi connectivity index (χ1v) is 7.48. The molecule has 0 aliphatic carbocycles. The summed E-state index contributed by atoms with van der Waals surface area (Å²) < 4.78 is 0. The van der Waals surface area contributed by atoms with Crippen molar-refractivity contribution >= 4 is 29.1 Å². The highest BCUT2D eigenvalue weighted by Gasteiger charge is 2.11. The number of amides is 1. The summed E-state index contributed by atoms with van der Waals surface area (Å²) in [5.41, 5.74) is 2.35. The molecule has 0 aromatic heterocycles. The Hall–Kier alpha value is -2.02. The van der Waals surface area contributed by atoms with E-state index in [2.05, 4.69) is 11.4 Å². The van der Waals surface area contributed by atoms with Gasteiger partial charge in [-0.05, 0) is 42.3 Å². The molecule has 0 saturated carbocycles. The highest BCUT2D eigenvalue weighted by molar-refractivity contribution is 6.42. The van der Waals surface area contributed by atoms with Crippen molar-refractivity contribution in [3.63, 3.8) is 0 Å². The van der Waals surface area contributed by atoms with Crippen LogP contribution in [0.4, 0.5) is 0 Å². The van der Waals surface area contributed by atoms with Crippen LogP contribution in [-0.4, -0.2) is 5.91 Å². The molecule has 1 unspecified atom stereocenters. The lowest BCUT2D eigenvalue weighted by Gasteiger charge is -2.14. The molecule has 2 aromatic rings. The van der Waals surface area contributed by atoms with Crippen molar-refractivity contribution in [3.8, 4) is 6.07 Å². The van der Waals surface area contributed by atoms with Gasteiger partial charge in [0.05, 0.1) is 34.1 Å². The quantitative estimate of drug-likeness (QED) is 0.908. The molecule has 0 radical (unpaired) electrons. The highest BCUT2D eigenvalue weighted by atomic mass is 35.5. The maximum absolute atomic E-state index is 12.1. The topological polar surface area (TPSA) is 52.9 Å². The molecule has 2 rings (SSSR count). The summed E-state index contributed by atoms with van der Waals surface area (Å²) in [5.74, 6) is -0.102. The Kier molecular flexibility index (Phi) is 5.43. The molecule has 5 heteroatoms. The van der Waals surface area contributed by atoms with Crippen LogP contribution in [0.15, 0.2) is 42.5 Å². The lowest BCUT2D eigenvalue weighted by Crippen LogP contribution is -2.28. The third-order valence-corrected chi connectivity index (χ3v) is 4.00. The average Bonchev–Trinajstić information content (AvgIpc) is 2.51. The first kappa shape index (κ1) is 16.4. The van der Waals surface area contributed by atoms with Crippen molar-refractivity contribution in [1.82, 2.24) is 5.32 Å². The zero-order chi connectivity index (χ0) is 16.1. The van der Waals surface area contributed by atoms with Gasteiger partial charge in [0, 0.05) is 0 Å². The molecule has 0 heterocycles. The van der Waals surface area contributed by atoms with Gasteiger partial charge in [-0.3, -0.25) is 4.79 Å². The molecular formula is C17H14Cl2N2O. The van der Waals surface area contributed by atoms with Gasteiger partial charge in [-0.2, -0.15) is 5.26 Å². The molecule has 0 fully saturated rings. The van der Waals surface area contributed by atoms with E-state index in [1.54, 1.807) is 30.3 Å². The Balaban J connectivity index is 1.98. The van der Waals surface area contributed by atoms with Crippen molar-refractivity contribution in [2.45, 2.75) is 19.4 Å². The maximum atomic E-state index is 12.1. The molecule has 0 aliphatic heterocycles. The summed E-state index contributed by atoms with van der Waals surface area (Å²) >= 11 is 11.8. The number of hydrogen-bond donors (Lipinski definition) is 1. The minimum atomic E-state index is -0.136. The molecule has 1 atom stereocenters. The predicted octanol–water partition coefficient (Wildman–Crippen LogP) is 4.28. The normalized spacial score (nSPS) is 11.5. The highest BCUT2D eigenvalue weighted by Crippen LogP contribution is 2.23. The van der Waals surface area contributed by atoms with Crippen LogP contribution in [0.5, 0.6) is 0 Å². The summed E-state index contributed by atoms with van der Waals surface area (Å²) in [6, 6.07) is 14.2. The van der Waals surface area contributed by atoms with Gasteiger partial charge in [0.25, 0.3) is 0 Å². The number of nitriles is 1. The van der Waals surface area contributed by atoms with Crippen molar-refractivity contribution in [1.29, 1.82) is 5.26 Å². The SMILES string of the molecule is CC(NC(=O)Cc1ccc(Cl)c(Cl)c1)c1ccc(C#N)cc1. The fourth-order valence-corrected chi connectivity index (χ4v) is 2.38. The van der Waals surface area contributed by atoms with Gasteiger partial charge in [0.1, 0.15) is 0 Å². The molecule has 22 heavy (non-hydrogen) atoms. The smallest absolute Gasteiger partial charge is 0.224 e. The lowest BCUT2D eigenvalue weighted by atomic mass is 10.1. The van der Waals surface area contributed by atoms with Gasteiger partial charge in [0.2, 0.25) is 5.91 Å². The van der Waals surface area contributed by atoms with Crippen molar-refractivity contribution in [2.75, 3.05) is 0 Å². The molecular weight excluding hydrogens is 319 g/mol. The van der Waals surface area contributed by atoms with Crippen LogP contribution in [0.25, 0.3) is 0 Å². The standard InChI is InChI=1S/C17H14Cl2N2O/c1-11(14-5-2-12(10-20)3-6-14)21-17(22)9-13-4-7-15(18)16(19)8-13/h2-8,11H,9H2,1H3,(H,21,22). The Labute approximate surface area is 139 Å². The number of rotatable bonds is 4. The van der Waals surface area contributed by atoms with E-state index in [9.17, 15) is 4.79 Å². The lowest BCUT2D eigenvalue weighted by molar-refractivity contribution is -0.121. The zero-order valence-corrected chi connectivity index (χ0v) is 13.4. The molecule has 112 valence electrons. The Morgan fingerprint density at radius 3 is 2.45 bits per heavy atom. The van der Waals surface area contributed by atoms with Crippen molar-refractivity contribution < 1.29 is 4.79 Å². The zero-order valence-electron chi connectivity index (χ0n) is 11.9. The Bertz CT molecular complexity index is 720. The number of nitrogens with zero attached hydrogens (tertiary/aromatic N) is 1. The summed E-state index contributed by atoms with van der Waals surface area (Å²) in [5, 5.41) is 12.6. The number of nitrogens with one attached hydrogen (secondary N) is 1. The third kappa shape index (κ3) is 4.24. The second-order valence-corrected chi connectivity index (χ2v) is 5.76. The van der Waals surface area contributed by atoms with Gasteiger partial charge in [0.15, 0.2) is 0 Å². The van der Waals surface area contributed by atoms with Crippen molar-refractivity contribution in [3.05, 3.63) is 69.2 Å². The number of carbonyl (C=O) groups is 1. The van der Waals surface area contributed by atoms with E-state index in [1.165, 1.54) is 0 Å². The summed E-state index contributed by atoms with van der Waals surface area (Å²) in [6.07, 6.45) is 0.234. The molecule has 2 aromatic carbocycles. The van der Waals surface area contributed by atoms with E-state index in [0.29, 0.717) is 15.6 Å². The van der Waals surface area contributed by atoms with E-state index in [4.69, 9.17) is 28.5 Å². The minimum Gasteiger partial charge on any atom is -0.349 e.